The molecule has 0 aliphatic carbocycles. The molecule has 0 amide bonds. The molecule has 1 N–H and O–H groups in total. The normalized spacial score (nSPS) is 12.8. The van der Waals surface area contributed by atoms with E-state index in [2.05, 4.69) is 24.8 Å². The summed E-state index contributed by atoms with van der Waals surface area (Å²) in [7, 11) is 3.38. The van der Waals surface area contributed by atoms with Crippen LogP contribution >= 0.6 is 0 Å². The van der Waals surface area contributed by atoms with Crippen LogP contribution in [0, 0.1) is 5.92 Å². The minimum Gasteiger partial charge on any atom is -0.497 e. The van der Waals surface area contributed by atoms with Crippen LogP contribution in [-0.2, 0) is 16.0 Å². The molecule has 0 aliphatic heterocycles. The largest absolute Gasteiger partial charge is 0.497 e. The molecular formula is C19H33NO4. The average molecular weight is 339 g/mol. The lowest BCUT2D eigenvalue weighted by atomic mass is 10.2. The van der Waals surface area contributed by atoms with E-state index < -0.39 is 6.10 Å². The van der Waals surface area contributed by atoms with Crippen molar-refractivity contribution in [3.8, 4) is 5.75 Å². The van der Waals surface area contributed by atoms with Crippen LogP contribution in [0.15, 0.2) is 24.3 Å². The molecule has 0 heterocycles. The van der Waals surface area contributed by atoms with Gasteiger partial charge in [0.05, 0.1) is 19.8 Å². The fourth-order valence-corrected chi connectivity index (χ4v) is 2.49. The maximum Gasteiger partial charge on any atom is 0.119 e. The molecule has 1 rings (SSSR count). The molecule has 0 saturated heterocycles. The molecule has 0 aromatic heterocycles. The Balaban J connectivity index is 2.55. The Labute approximate surface area is 146 Å². The lowest BCUT2D eigenvalue weighted by Crippen LogP contribution is -2.35. The van der Waals surface area contributed by atoms with E-state index in [9.17, 15) is 5.11 Å². The second-order valence-electron chi connectivity index (χ2n) is 6.52. The molecule has 5 heteroatoms. The molecule has 5 nitrogen and oxygen atoms in total. The van der Waals surface area contributed by atoms with Crippen molar-refractivity contribution in [2.75, 3.05) is 47.1 Å². The van der Waals surface area contributed by atoms with E-state index in [1.807, 2.05) is 18.2 Å². The molecule has 1 atom stereocenters. The van der Waals surface area contributed by atoms with Crippen molar-refractivity contribution in [3.63, 3.8) is 0 Å². The number of hydrogen-bond acceptors (Lipinski definition) is 5. The SMILES string of the molecule is COCCCN(Cc1cccc(OC)c1)C[C@@H](O)COCC(C)C. The Morgan fingerprint density at radius 1 is 1.17 bits per heavy atom. The fraction of sp³-hybridized carbons (Fsp3) is 0.684. The van der Waals surface area contributed by atoms with Crippen LogP contribution in [0.5, 0.6) is 5.75 Å². The lowest BCUT2D eigenvalue weighted by molar-refractivity contribution is 0.00580. The highest BCUT2D eigenvalue weighted by Gasteiger charge is 2.13. The standard InChI is InChI=1S/C19H33NO4/c1-16(2)14-24-15-18(21)13-20(9-6-10-22-3)12-17-7-5-8-19(11-17)23-4/h5,7-8,11,16,18,21H,6,9-10,12-15H2,1-4H3/t18-/m1/s1. The van der Waals surface area contributed by atoms with Crippen LogP contribution in [0.25, 0.3) is 0 Å². The highest BCUT2D eigenvalue weighted by atomic mass is 16.5. The van der Waals surface area contributed by atoms with Gasteiger partial charge >= 0.3 is 0 Å². The third kappa shape index (κ3) is 9.23. The first-order valence-electron chi connectivity index (χ1n) is 8.65. The van der Waals surface area contributed by atoms with Crippen molar-refractivity contribution >= 4 is 0 Å². The minimum atomic E-state index is -0.489. The second kappa shape index (κ2) is 12.3. The maximum atomic E-state index is 10.2. The van der Waals surface area contributed by atoms with Gasteiger partial charge in [-0.2, -0.15) is 0 Å². The Bertz CT molecular complexity index is 439. The number of methoxy groups -OCH3 is 2. The summed E-state index contributed by atoms with van der Waals surface area (Å²) in [5.74, 6) is 1.33. The average Bonchev–Trinajstić information content (AvgIpc) is 2.54. The molecule has 1 aromatic rings. The quantitative estimate of drug-likeness (QED) is 0.560. The van der Waals surface area contributed by atoms with E-state index in [4.69, 9.17) is 14.2 Å². The summed E-state index contributed by atoms with van der Waals surface area (Å²) in [6.45, 7) is 8.19. The van der Waals surface area contributed by atoms with Gasteiger partial charge in [-0.05, 0) is 30.0 Å². The van der Waals surface area contributed by atoms with Crippen LogP contribution in [-0.4, -0.2) is 63.2 Å². The molecule has 0 radical (unpaired) electrons. The molecule has 0 aliphatic rings. The van der Waals surface area contributed by atoms with Gasteiger partial charge in [0.2, 0.25) is 0 Å². The van der Waals surface area contributed by atoms with E-state index in [1.165, 1.54) is 5.56 Å². The third-order valence-electron chi connectivity index (χ3n) is 3.59. The Morgan fingerprint density at radius 3 is 2.62 bits per heavy atom. The van der Waals surface area contributed by atoms with Crippen molar-refractivity contribution in [1.82, 2.24) is 4.90 Å². The summed E-state index contributed by atoms with van der Waals surface area (Å²) < 4.78 is 16.0. The highest BCUT2D eigenvalue weighted by Crippen LogP contribution is 2.15. The topological polar surface area (TPSA) is 51.2 Å². The monoisotopic (exact) mass is 339 g/mol. The zero-order valence-electron chi connectivity index (χ0n) is 15.5. The maximum absolute atomic E-state index is 10.2. The van der Waals surface area contributed by atoms with E-state index in [-0.39, 0.29) is 0 Å². The molecule has 0 spiro atoms. The lowest BCUT2D eigenvalue weighted by Gasteiger charge is -2.25. The van der Waals surface area contributed by atoms with E-state index in [0.717, 1.165) is 25.3 Å². The van der Waals surface area contributed by atoms with Crippen molar-refractivity contribution in [3.05, 3.63) is 29.8 Å². The zero-order chi connectivity index (χ0) is 17.8. The first kappa shape index (κ1) is 20.9. The van der Waals surface area contributed by atoms with Crippen molar-refractivity contribution in [2.45, 2.75) is 32.9 Å². The van der Waals surface area contributed by atoms with Crippen molar-refractivity contribution in [2.24, 2.45) is 5.92 Å². The molecule has 0 unspecified atom stereocenters. The summed E-state index contributed by atoms with van der Waals surface area (Å²) in [5, 5.41) is 10.2. The van der Waals surface area contributed by atoms with Crippen LogP contribution in [0.1, 0.15) is 25.8 Å². The second-order valence-corrected chi connectivity index (χ2v) is 6.52. The number of nitrogens with zero attached hydrogens (tertiary/aromatic N) is 1. The summed E-state index contributed by atoms with van der Waals surface area (Å²) in [5.41, 5.74) is 1.17. The molecule has 0 fully saturated rings. The fourth-order valence-electron chi connectivity index (χ4n) is 2.49. The van der Waals surface area contributed by atoms with E-state index >= 15 is 0 Å². The molecule has 138 valence electrons. The molecule has 24 heavy (non-hydrogen) atoms. The van der Waals surface area contributed by atoms with Crippen LogP contribution in [0.3, 0.4) is 0 Å². The van der Waals surface area contributed by atoms with Gasteiger partial charge in [0.25, 0.3) is 0 Å². The summed E-state index contributed by atoms with van der Waals surface area (Å²) in [6, 6.07) is 8.04. The van der Waals surface area contributed by atoms with E-state index in [1.54, 1.807) is 14.2 Å². The molecule has 0 saturated carbocycles. The Morgan fingerprint density at radius 2 is 1.96 bits per heavy atom. The minimum absolute atomic E-state index is 0.372. The van der Waals surface area contributed by atoms with Gasteiger partial charge in [0.15, 0.2) is 0 Å². The summed E-state index contributed by atoms with van der Waals surface area (Å²) in [6.07, 6.45) is 0.442. The smallest absolute Gasteiger partial charge is 0.119 e. The zero-order valence-corrected chi connectivity index (χ0v) is 15.5. The highest BCUT2D eigenvalue weighted by molar-refractivity contribution is 5.28. The van der Waals surface area contributed by atoms with Gasteiger partial charge in [-0.3, -0.25) is 4.90 Å². The number of aliphatic hydroxyl groups is 1. The predicted molar refractivity (Wildman–Crippen MR) is 96.4 cm³/mol. The number of benzene rings is 1. The van der Waals surface area contributed by atoms with Crippen LogP contribution < -0.4 is 4.74 Å². The van der Waals surface area contributed by atoms with Crippen LogP contribution in [0.2, 0.25) is 0 Å². The van der Waals surface area contributed by atoms with Gasteiger partial charge in [0.1, 0.15) is 5.75 Å². The van der Waals surface area contributed by atoms with Crippen molar-refractivity contribution < 1.29 is 19.3 Å². The Kier molecular flexibility index (Phi) is 10.7. The van der Waals surface area contributed by atoms with Gasteiger partial charge in [-0.15, -0.1) is 0 Å². The third-order valence-corrected chi connectivity index (χ3v) is 3.59. The first-order valence-corrected chi connectivity index (χ1v) is 8.65. The van der Waals surface area contributed by atoms with Gasteiger partial charge in [-0.1, -0.05) is 26.0 Å². The van der Waals surface area contributed by atoms with Crippen LogP contribution in [0.4, 0.5) is 0 Å². The first-order chi connectivity index (χ1) is 11.5. The number of hydrogen-bond donors (Lipinski definition) is 1. The number of ether oxygens (including phenoxy) is 3. The van der Waals surface area contributed by atoms with Gasteiger partial charge in [0, 0.05) is 40.0 Å². The van der Waals surface area contributed by atoms with Gasteiger partial charge < -0.3 is 19.3 Å². The van der Waals surface area contributed by atoms with E-state index in [0.29, 0.717) is 32.3 Å². The summed E-state index contributed by atoms with van der Waals surface area (Å²) in [4.78, 5) is 2.23. The van der Waals surface area contributed by atoms with Crippen molar-refractivity contribution in [1.29, 1.82) is 0 Å². The molecule has 0 bridgehead atoms. The number of aliphatic hydroxyl groups excluding tert-OH is 1. The Hall–Kier alpha value is -1.14. The summed E-state index contributed by atoms with van der Waals surface area (Å²) >= 11 is 0. The van der Waals surface area contributed by atoms with Gasteiger partial charge in [-0.25, -0.2) is 0 Å². The molecular weight excluding hydrogens is 306 g/mol. The predicted octanol–water partition coefficient (Wildman–Crippen LogP) is 2.57. The molecule has 1 aromatic carbocycles. The number of rotatable bonds is 13.